The summed E-state index contributed by atoms with van der Waals surface area (Å²) in [6.07, 6.45) is 1.76. The van der Waals surface area contributed by atoms with E-state index in [9.17, 15) is 0 Å². The molecule has 3 rings (SSSR count). The number of fused-ring (bicyclic) bond motifs is 1. The number of rotatable bonds is 6. The number of aryl methyl sites for hydroxylation is 1. The van der Waals surface area contributed by atoms with Gasteiger partial charge in [-0.2, -0.15) is 15.1 Å². The Balaban J connectivity index is 1.95. The zero-order valence-electron chi connectivity index (χ0n) is 12.6. The van der Waals surface area contributed by atoms with Crippen LogP contribution in [0.3, 0.4) is 0 Å². The van der Waals surface area contributed by atoms with E-state index in [1.165, 1.54) is 0 Å². The van der Waals surface area contributed by atoms with E-state index >= 15 is 0 Å². The van der Waals surface area contributed by atoms with Gasteiger partial charge in [-0.1, -0.05) is 18.2 Å². The molecule has 2 N–H and O–H groups in total. The predicted molar refractivity (Wildman–Crippen MR) is 86.4 cm³/mol. The van der Waals surface area contributed by atoms with Crippen LogP contribution in [0.15, 0.2) is 36.5 Å². The van der Waals surface area contributed by atoms with Crippen molar-refractivity contribution in [3.05, 3.63) is 36.5 Å². The second kappa shape index (κ2) is 6.40. The fourth-order valence-corrected chi connectivity index (χ4v) is 2.12. The van der Waals surface area contributed by atoms with Gasteiger partial charge in [-0.25, -0.2) is 0 Å². The molecule has 0 saturated heterocycles. The van der Waals surface area contributed by atoms with Crippen molar-refractivity contribution in [2.75, 3.05) is 30.9 Å². The van der Waals surface area contributed by atoms with Gasteiger partial charge in [0, 0.05) is 26.4 Å². The Labute approximate surface area is 128 Å². The van der Waals surface area contributed by atoms with E-state index in [0.717, 1.165) is 22.5 Å². The van der Waals surface area contributed by atoms with Gasteiger partial charge in [-0.05, 0) is 12.1 Å². The van der Waals surface area contributed by atoms with E-state index in [2.05, 4.69) is 25.7 Å². The summed E-state index contributed by atoms with van der Waals surface area (Å²) in [5.74, 6) is 1.27. The number of benzene rings is 1. The molecule has 0 aliphatic carbocycles. The molecule has 7 heteroatoms. The molecule has 0 spiro atoms. The highest BCUT2D eigenvalue weighted by atomic mass is 16.5. The van der Waals surface area contributed by atoms with Gasteiger partial charge in [0.2, 0.25) is 5.95 Å². The van der Waals surface area contributed by atoms with Crippen LogP contribution in [0.5, 0.6) is 0 Å². The van der Waals surface area contributed by atoms with Crippen molar-refractivity contribution < 1.29 is 4.74 Å². The summed E-state index contributed by atoms with van der Waals surface area (Å²) in [6, 6.07) is 9.90. The van der Waals surface area contributed by atoms with Crippen LogP contribution < -0.4 is 10.6 Å². The molecule has 114 valence electrons. The van der Waals surface area contributed by atoms with Crippen LogP contribution in [0.2, 0.25) is 0 Å². The molecule has 0 saturated carbocycles. The maximum Gasteiger partial charge on any atom is 0.226 e. The first-order valence-electron chi connectivity index (χ1n) is 7.02. The van der Waals surface area contributed by atoms with Gasteiger partial charge in [0.15, 0.2) is 5.65 Å². The molecule has 22 heavy (non-hydrogen) atoms. The first-order chi connectivity index (χ1) is 10.8. The Hall–Kier alpha value is -2.67. The second-order valence-corrected chi connectivity index (χ2v) is 4.81. The summed E-state index contributed by atoms with van der Waals surface area (Å²) in [4.78, 5) is 9.03. The fraction of sp³-hybridized carbons (Fsp3) is 0.267. The first kappa shape index (κ1) is 14.3. The van der Waals surface area contributed by atoms with Crippen molar-refractivity contribution in [2.24, 2.45) is 7.05 Å². The van der Waals surface area contributed by atoms with Crippen LogP contribution >= 0.6 is 0 Å². The third-order valence-corrected chi connectivity index (χ3v) is 3.22. The van der Waals surface area contributed by atoms with Gasteiger partial charge in [0.05, 0.1) is 18.2 Å². The second-order valence-electron chi connectivity index (χ2n) is 4.81. The molecule has 1 aromatic carbocycles. The number of para-hydroxylation sites is 1. The number of nitrogens with one attached hydrogen (secondary N) is 2. The van der Waals surface area contributed by atoms with Crippen LogP contribution in [0.25, 0.3) is 11.0 Å². The quantitative estimate of drug-likeness (QED) is 0.679. The van der Waals surface area contributed by atoms with Crippen LogP contribution in [-0.4, -0.2) is 40.0 Å². The molecular formula is C15H18N6O. The molecule has 3 aromatic rings. The summed E-state index contributed by atoms with van der Waals surface area (Å²) in [6.45, 7) is 1.23. The van der Waals surface area contributed by atoms with Crippen molar-refractivity contribution in [1.29, 1.82) is 0 Å². The van der Waals surface area contributed by atoms with Crippen molar-refractivity contribution in [3.63, 3.8) is 0 Å². The Morgan fingerprint density at radius 3 is 2.77 bits per heavy atom. The number of methoxy groups -OCH3 is 1. The maximum atomic E-state index is 5.03. The van der Waals surface area contributed by atoms with Gasteiger partial charge in [-0.15, -0.1) is 0 Å². The molecule has 0 aliphatic rings. The topological polar surface area (TPSA) is 76.9 Å². The summed E-state index contributed by atoms with van der Waals surface area (Å²) < 4.78 is 6.77. The Kier molecular flexibility index (Phi) is 4.15. The third-order valence-electron chi connectivity index (χ3n) is 3.22. The van der Waals surface area contributed by atoms with Crippen molar-refractivity contribution in [2.45, 2.75) is 0 Å². The molecule has 0 fully saturated rings. The highest BCUT2D eigenvalue weighted by Gasteiger charge is 2.11. The number of aromatic nitrogens is 4. The molecule has 2 heterocycles. The lowest BCUT2D eigenvalue weighted by Gasteiger charge is -2.10. The number of nitrogens with zero attached hydrogens (tertiary/aromatic N) is 4. The van der Waals surface area contributed by atoms with Crippen molar-refractivity contribution in [1.82, 2.24) is 19.7 Å². The summed E-state index contributed by atoms with van der Waals surface area (Å²) in [5, 5.41) is 11.6. The minimum atomic E-state index is 0.548. The number of anilines is 3. The molecule has 0 bridgehead atoms. The molecule has 0 radical (unpaired) electrons. The van der Waals surface area contributed by atoms with Crippen molar-refractivity contribution in [3.8, 4) is 0 Å². The lowest BCUT2D eigenvalue weighted by molar-refractivity contribution is 0.210. The zero-order chi connectivity index (χ0) is 15.4. The van der Waals surface area contributed by atoms with Crippen LogP contribution in [0, 0.1) is 0 Å². The lowest BCUT2D eigenvalue weighted by atomic mass is 10.3. The molecule has 0 unspecified atom stereocenters. The van der Waals surface area contributed by atoms with E-state index in [4.69, 9.17) is 4.74 Å². The fourth-order valence-electron chi connectivity index (χ4n) is 2.12. The largest absolute Gasteiger partial charge is 0.383 e. The molecule has 2 aromatic heterocycles. The van der Waals surface area contributed by atoms with Crippen LogP contribution in [0.1, 0.15) is 0 Å². The number of hydrogen-bond acceptors (Lipinski definition) is 6. The highest BCUT2D eigenvalue weighted by molar-refractivity contribution is 5.89. The average Bonchev–Trinajstić information content (AvgIpc) is 2.91. The molecule has 0 aliphatic heterocycles. The maximum absolute atomic E-state index is 5.03. The predicted octanol–water partition coefficient (Wildman–Crippen LogP) is 2.17. The minimum Gasteiger partial charge on any atom is -0.383 e. The van der Waals surface area contributed by atoms with E-state index in [-0.39, 0.29) is 0 Å². The summed E-state index contributed by atoms with van der Waals surface area (Å²) in [7, 11) is 3.52. The summed E-state index contributed by atoms with van der Waals surface area (Å²) >= 11 is 0. The standard InChI is InChI=1S/C15H18N6O/c1-21-14-12(10-17-21)13(18-11-6-4-3-5-7-11)19-15(20-14)16-8-9-22-2/h3-7,10H,8-9H2,1-2H3,(H2,16,18,19,20). The number of hydrogen-bond donors (Lipinski definition) is 2. The molecular weight excluding hydrogens is 280 g/mol. The lowest BCUT2D eigenvalue weighted by Crippen LogP contribution is -2.11. The van der Waals surface area contributed by atoms with Gasteiger partial charge in [0.25, 0.3) is 0 Å². The monoisotopic (exact) mass is 298 g/mol. The third kappa shape index (κ3) is 2.99. The van der Waals surface area contributed by atoms with Crippen LogP contribution in [0.4, 0.5) is 17.5 Å². The first-order valence-corrected chi connectivity index (χ1v) is 7.02. The van der Waals surface area contributed by atoms with Crippen molar-refractivity contribution >= 4 is 28.5 Å². The SMILES string of the molecule is COCCNc1nc(Nc2ccccc2)c2cnn(C)c2n1. The normalized spacial score (nSPS) is 10.8. The van der Waals surface area contributed by atoms with Gasteiger partial charge < -0.3 is 15.4 Å². The highest BCUT2D eigenvalue weighted by Crippen LogP contribution is 2.24. The smallest absolute Gasteiger partial charge is 0.226 e. The Morgan fingerprint density at radius 2 is 2.00 bits per heavy atom. The van der Waals surface area contributed by atoms with E-state index in [1.807, 2.05) is 37.4 Å². The zero-order valence-corrected chi connectivity index (χ0v) is 12.6. The molecule has 7 nitrogen and oxygen atoms in total. The van der Waals surface area contributed by atoms with Crippen LogP contribution in [-0.2, 0) is 11.8 Å². The molecule has 0 atom stereocenters. The van der Waals surface area contributed by atoms with Gasteiger partial charge >= 0.3 is 0 Å². The average molecular weight is 298 g/mol. The number of ether oxygens (including phenoxy) is 1. The van der Waals surface area contributed by atoms with E-state index in [1.54, 1.807) is 18.0 Å². The van der Waals surface area contributed by atoms with Gasteiger partial charge in [0.1, 0.15) is 5.82 Å². The van der Waals surface area contributed by atoms with E-state index < -0.39 is 0 Å². The molecule has 0 amide bonds. The Morgan fingerprint density at radius 1 is 1.18 bits per heavy atom. The van der Waals surface area contributed by atoms with Gasteiger partial charge in [-0.3, -0.25) is 4.68 Å². The van der Waals surface area contributed by atoms with E-state index in [0.29, 0.717) is 19.1 Å². The summed E-state index contributed by atoms with van der Waals surface area (Å²) in [5.41, 5.74) is 1.74. The Bertz CT molecular complexity index is 755. The minimum absolute atomic E-state index is 0.548.